The second kappa shape index (κ2) is 8.93. The molecule has 1 aliphatic carbocycles. The van der Waals surface area contributed by atoms with E-state index in [-0.39, 0.29) is 0 Å². The Hall–Kier alpha value is -6.08. The molecule has 0 saturated heterocycles. The molecule has 1 aliphatic rings. The molecule has 0 radical (unpaired) electrons. The monoisotopic (exact) mass is 671 g/mol. The number of hydrogen-bond acceptors (Lipinski definition) is 5. The summed E-state index contributed by atoms with van der Waals surface area (Å²) in [6.07, 6.45) is 0. The van der Waals surface area contributed by atoms with E-state index < -0.39 is 0 Å². The molecule has 0 unspecified atom stereocenters. The Balaban J connectivity index is 1.25. The highest BCUT2D eigenvalue weighted by atomic mass is 32.1. The van der Waals surface area contributed by atoms with Crippen molar-refractivity contribution in [2.24, 2.45) is 0 Å². The van der Waals surface area contributed by atoms with E-state index in [0.717, 1.165) is 38.9 Å². The van der Waals surface area contributed by atoms with Crippen LogP contribution in [0.1, 0.15) is 0 Å². The summed E-state index contributed by atoms with van der Waals surface area (Å²) in [5, 5.41) is 11.2. The first kappa shape index (κ1) is 25.9. The molecule has 5 heterocycles. The molecule has 7 aromatic carbocycles. The summed E-state index contributed by atoms with van der Waals surface area (Å²) in [6.45, 7) is 0. The molecular formula is C44H21N3OS2. The van der Waals surface area contributed by atoms with E-state index in [1.54, 1.807) is 11.3 Å². The fourth-order valence-electron chi connectivity index (χ4n) is 8.72. The summed E-state index contributed by atoms with van der Waals surface area (Å²) in [5.74, 6) is 1.46. The second-order valence-corrected chi connectivity index (χ2v) is 15.4. The smallest absolute Gasteiger partial charge is 0.197 e. The third-order valence-corrected chi connectivity index (χ3v) is 13.1. The number of furan rings is 1. The molecule has 0 N–H and O–H groups in total. The third-order valence-electron chi connectivity index (χ3n) is 10.7. The Morgan fingerprint density at radius 3 is 2.12 bits per heavy atom. The highest BCUT2D eigenvalue weighted by molar-refractivity contribution is 7.26. The molecule has 4 nitrogen and oxygen atoms in total. The maximum atomic E-state index is 6.73. The summed E-state index contributed by atoms with van der Waals surface area (Å²) in [7, 11) is 0. The van der Waals surface area contributed by atoms with Crippen LogP contribution in [0.5, 0.6) is 0 Å². The Morgan fingerprint density at radius 2 is 1.18 bits per heavy atom. The topological polar surface area (TPSA) is 43.9 Å². The highest BCUT2D eigenvalue weighted by Crippen LogP contribution is 2.52. The van der Waals surface area contributed by atoms with Gasteiger partial charge >= 0.3 is 0 Å². The van der Waals surface area contributed by atoms with Crippen molar-refractivity contribution in [2.45, 2.75) is 0 Å². The predicted molar refractivity (Wildman–Crippen MR) is 211 cm³/mol. The van der Waals surface area contributed by atoms with Crippen LogP contribution in [0.15, 0.2) is 132 Å². The van der Waals surface area contributed by atoms with Gasteiger partial charge in [0.2, 0.25) is 0 Å². The van der Waals surface area contributed by atoms with Gasteiger partial charge in [-0.15, -0.1) is 22.7 Å². The fourth-order valence-corrected chi connectivity index (χ4v) is 11.1. The van der Waals surface area contributed by atoms with E-state index in [1.807, 2.05) is 23.5 Å². The minimum atomic E-state index is 0.693. The lowest BCUT2D eigenvalue weighted by Crippen LogP contribution is -2.02. The van der Waals surface area contributed by atoms with Crippen molar-refractivity contribution in [2.75, 3.05) is 0 Å². The fraction of sp³-hybridized carbons (Fsp3) is 0. The molecule has 0 aliphatic heterocycles. The Morgan fingerprint density at radius 1 is 0.480 bits per heavy atom. The molecule has 0 saturated carbocycles. The standard InChI is InChI=1S/C44H21N3OS2/c1-3-15-31-27(10-1)40-41(48-31)44(46-43(45-40)28-14-6-13-26-23-9-2-4-16-32(23)50-42(26)28)47-29-19-18-22-8-5-11-24-25-12-7-17-33-36(25)39-34(49-33)21-20-30(47)38(39)37(29)35(22)24/h1-21H. The van der Waals surface area contributed by atoms with Gasteiger partial charge in [-0.2, -0.15) is 0 Å². The van der Waals surface area contributed by atoms with Crippen LogP contribution in [0.3, 0.4) is 0 Å². The highest BCUT2D eigenvalue weighted by Gasteiger charge is 2.28. The quantitative estimate of drug-likeness (QED) is 0.184. The van der Waals surface area contributed by atoms with Crippen molar-refractivity contribution in [1.82, 2.24) is 14.5 Å². The summed E-state index contributed by atoms with van der Waals surface area (Å²) in [4.78, 5) is 10.8. The zero-order valence-electron chi connectivity index (χ0n) is 26.2. The minimum Gasteiger partial charge on any atom is -0.450 e. The van der Waals surface area contributed by atoms with Crippen LogP contribution in [-0.2, 0) is 0 Å². The van der Waals surface area contributed by atoms with Gasteiger partial charge in [-0.05, 0) is 70.4 Å². The zero-order chi connectivity index (χ0) is 32.2. The van der Waals surface area contributed by atoms with Crippen molar-refractivity contribution >= 4 is 118 Å². The van der Waals surface area contributed by atoms with Crippen molar-refractivity contribution < 1.29 is 4.42 Å². The van der Waals surface area contributed by atoms with Crippen LogP contribution >= 0.6 is 22.7 Å². The average molecular weight is 672 g/mol. The molecule has 0 bridgehead atoms. The van der Waals surface area contributed by atoms with E-state index in [1.165, 1.54) is 73.0 Å². The number of fused-ring (bicyclic) bond motifs is 7. The van der Waals surface area contributed by atoms with Crippen LogP contribution in [0, 0.1) is 0 Å². The first-order chi connectivity index (χ1) is 24.8. The van der Waals surface area contributed by atoms with Gasteiger partial charge in [0, 0.05) is 62.1 Å². The van der Waals surface area contributed by atoms with E-state index in [0.29, 0.717) is 11.4 Å². The van der Waals surface area contributed by atoms with Gasteiger partial charge in [-0.3, -0.25) is 4.57 Å². The summed E-state index contributed by atoms with van der Waals surface area (Å²) in [6, 6.07) is 46.0. The zero-order valence-corrected chi connectivity index (χ0v) is 27.8. The molecule has 0 spiro atoms. The predicted octanol–water partition coefficient (Wildman–Crippen LogP) is 13.0. The van der Waals surface area contributed by atoms with Gasteiger partial charge in [0.05, 0.1) is 11.0 Å². The van der Waals surface area contributed by atoms with Crippen molar-refractivity contribution in [3.05, 3.63) is 127 Å². The average Bonchev–Trinajstić information content (AvgIpc) is 3.90. The number of aromatic nitrogens is 3. The summed E-state index contributed by atoms with van der Waals surface area (Å²) >= 11 is 3.68. The lowest BCUT2D eigenvalue weighted by molar-refractivity contribution is 0.662. The second-order valence-electron chi connectivity index (χ2n) is 13.2. The maximum absolute atomic E-state index is 6.73. The van der Waals surface area contributed by atoms with E-state index in [9.17, 15) is 0 Å². The Kier molecular flexibility index (Phi) is 4.62. The Labute approximate surface area is 291 Å². The molecule has 230 valence electrons. The van der Waals surface area contributed by atoms with Gasteiger partial charge in [0.25, 0.3) is 0 Å². The first-order valence-corrected chi connectivity index (χ1v) is 18.4. The van der Waals surface area contributed by atoms with Crippen LogP contribution in [0.25, 0.3) is 123 Å². The van der Waals surface area contributed by atoms with Crippen LogP contribution < -0.4 is 0 Å². The third kappa shape index (κ3) is 3.04. The number of para-hydroxylation sites is 1. The molecule has 6 heteroatoms. The van der Waals surface area contributed by atoms with Gasteiger partial charge in [0.15, 0.2) is 17.2 Å². The van der Waals surface area contributed by atoms with Gasteiger partial charge < -0.3 is 4.42 Å². The SMILES string of the molecule is c1cc2c3c(c1)ccc1c3c3c4c(ccc3n1-c1nc(-c3cccc5c3sc3ccccc35)nc3c1oc1ccccc13)sc1cccc-2c14. The molecule has 50 heavy (non-hydrogen) atoms. The van der Waals surface area contributed by atoms with Crippen LogP contribution in [0.4, 0.5) is 0 Å². The molecular weight excluding hydrogens is 651 g/mol. The molecule has 13 rings (SSSR count). The summed E-state index contributed by atoms with van der Waals surface area (Å²) < 4.78 is 14.1. The largest absolute Gasteiger partial charge is 0.450 e. The molecule has 5 aromatic heterocycles. The van der Waals surface area contributed by atoms with Crippen molar-refractivity contribution in [3.8, 4) is 28.3 Å². The lowest BCUT2D eigenvalue weighted by atomic mass is 9.95. The number of hydrogen-bond donors (Lipinski definition) is 0. The maximum Gasteiger partial charge on any atom is 0.197 e. The molecule has 0 atom stereocenters. The summed E-state index contributed by atoms with van der Waals surface area (Å²) in [5.41, 5.74) is 8.18. The van der Waals surface area contributed by atoms with Gasteiger partial charge in [-0.25, -0.2) is 9.97 Å². The van der Waals surface area contributed by atoms with Crippen molar-refractivity contribution in [1.29, 1.82) is 0 Å². The van der Waals surface area contributed by atoms with Crippen LogP contribution in [0.2, 0.25) is 0 Å². The van der Waals surface area contributed by atoms with E-state index >= 15 is 0 Å². The molecule has 12 aromatic rings. The van der Waals surface area contributed by atoms with Gasteiger partial charge in [0.1, 0.15) is 11.1 Å². The van der Waals surface area contributed by atoms with Crippen molar-refractivity contribution in [3.63, 3.8) is 0 Å². The molecule has 0 amide bonds. The number of rotatable bonds is 2. The lowest BCUT2D eigenvalue weighted by Gasteiger charge is -2.12. The normalized spacial score (nSPS) is 12.8. The number of nitrogens with zero attached hydrogens (tertiary/aromatic N) is 3. The first-order valence-electron chi connectivity index (χ1n) is 16.7. The van der Waals surface area contributed by atoms with E-state index in [4.69, 9.17) is 14.4 Å². The van der Waals surface area contributed by atoms with Gasteiger partial charge in [-0.1, -0.05) is 78.9 Å². The minimum absolute atomic E-state index is 0.693. The number of benzene rings is 7. The molecule has 0 fully saturated rings. The van der Waals surface area contributed by atoms with Crippen LogP contribution in [-0.4, -0.2) is 14.5 Å². The van der Waals surface area contributed by atoms with E-state index in [2.05, 4.69) is 120 Å². The Bertz CT molecular complexity index is 3510. The number of thiophene rings is 2.